The van der Waals surface area contributed by atoms with Crippen molar-refractivity contribution in [2.24, 2.45) is 5.10 Å². The minimum atomic E-state index is -0.426. The van der Waals surface area contributed by atoms with Gasteiger partial charge in [0.2, 0.25) is 0 Å². The van der Waals surface area contributed by atoms with Gasteiger partial charge in [-0.05, 0) is 42.0 Å². The van der Waals surface area contributed by atoms with Gasteiger partial charge in [0.15, 0.2) is 0 Å². The topological polar surface area (TPSA) is 81.3 Å². The molecule has 0 radical (unpaired) electrons. The van der Waals surface area contributed by atoms with Crippen molar-refractivity contribution in [1.29, 1.82) is 0 Å². The van der Waals surface area contributed by atoms with Gasteiger partial charge in [0.1, 0.15) is 6.54 Å². The first-order valence-corrected chi connectivity index (χ1v) is 11.9. The van der Waals surface area contributed by atoms with Gasteiger partial charge in [0.05, 0.1) is 23.4 Å². The Labute approximate surface area is 213 Å². The Morgan fingerprint density at radius 1 is 1.06 bits per heavy atom. The first kappa shape index (κ1) is 23.0. The van der Waals surface area contributed by atoms with Gasteiger partial charge >= 0.3 is 0 Å². The van der Waals surface area contributed by atoms with Crippen molar-refractivity contribution in [2.75, 3.05) is 0 Å². The van der Waals surface area contributed by atoms with Crippen LogP contribution in [0.3, 0.4) is 0 Å². The first-order chi connectivity index (χ1) is 17.0. The summed E-state index contributed by atoms with van der Waals surface area (Å²) in [6.45, 7) is 0.482. The van der Waals surface area contributed by atoms with E-state index in [9.17, 15) is 9.59 Å². The molecular weight excluding hydrogens is 530 g/mol. The molecule has 0 bridgehead atoms. The number of carbonyl (C=O) groups is 1. The Morgan fingerprint density at radius 2 is 1.86 bits per heavy atom. The van der Waals surface area contributed by atoms with Crippen LogP contribution in [0.25, 0.3) is 21.8 Å². The van der Waals surface area contributed by atoms with Crippen molar-refractivity contribution in [3.05, 3.63) is 110 Å². The lowest BCUT2D eigenvalue weighted by atomic mass is 10.2. The van der Waals surface area contributed by atoms with E-state index < -0.39 is 5.91 Å². The normalized spacial score (nSPS) is 11.5. The van der Waals surface area contributed by atoms with Crippen LogP contribution < -0.4 is 11.0 Å². The number of nitrogens with one attached hydrogen (secondary N) is 1. The quantitative estimate of drug-likeness (QED) is 0.240. The van der Waals surface area contributed by atoms with E-state index in [0.717, 1.165) is 26.5 Å². The van der Waals surface area contributed by atoms with E-state index in [4.69, 9.17) is 11.6 Å². The Kier molecular flexibility index (Phi) is 6.48. The Bertz CT molecular complexity index is 1640. The number of para-hydroxylation sites is 1. The summed E-state index contributed by atoms with van der Waals surface area (Å²) in [4.78, 5) is 29.4. The highest BCUT2D eigenvalue weighted by atomic mass is 79.9. The molecule has 3 aromatic carbocycles. The monoisotopic (exact) mass is 547 g/mol. The summed E-state index contributed by atoms with van der Waals surface area (Å²) < 4.78 is 4.16. The number of amides is 1. The number of nitrogens with zero attached hydrogens (tertiary/aromatic N) is 4. The molecule has 0 unspecified atom stereocenters. The number of carbonyl (C=O) groups excluding carboxylic acids is 1. The SMILES string of the molecule is O=C(Cn1cnc2ccc(Br)cc2c1=O)N/N=C/c1cn(Cc2ccc(Cl)cc2)c2ccccc12. The third kappa shape index (κ3) is 5.03. The largest absolute Gasteiger partial charge is 0.342 e. The molecule has 1 amide bonds. The fourth-order valence-electron chi connectivity index (χ4n) is 3.90. The van der Waals surface area contributed by atoms with Crippen molar-refractivity contribution < 1.29 is 4.79 Å². The van der Waals surface area contributed by atoms with Gasteiger partial charge in [0.25, 0.3) is 11.5 Å². The van der Waals surface area contributed by atoms with Crippen LogP contribution in [-0.4, -0.2) is 26.2 Å². The third-order valence-electron chi connectivity index (χ3n) is 5.58. The number of benzene rings is 3. The molecule has 0 aliphatic heterocycles. The molecule has 0 aliphatic carbocycles. The second-order valence-electron chi connectivity index (χ2n) is 7.99. The summed E-state index contributed by atoms with van der Waals surface area (Å²) in [6, 6.07) is 21.0. The van der Waals surface area contributed by atoms with E-state index >= 15 is 0 Å². The highest BCUT2D eigenvalue weighted by Crippen LogP contribution is 2.22. The van der Waals surface area contributed by atoms with Crippen molar-refractivity contribution in [1.82, 2.24) is 19.5 Å². The predicted molar refractivity (Wildman–Crippen MR) is 142 cm³/mol. The number of hydrogen-bond donors (Lipinski definition) is 1. The molecule has 9 heteroatoms. The van der Waals surface area contributed by atoms with Gasteiger partial charge in [-0.2, -0.15) is 5.10 Å². The average molecular weight is 549 g/mol. The number of hydrazone groups is 1. The zero-order valence-electron chi connectivity index (χ0n) is 18.4. The summed E-state index contributed by atoms with van der Waals surface area (Å²) in [5.74, 6) is -0.426. The van der Waals surface area contributed by atoms with Crippen molar-refractivity contribution in [3.8, 4) is 0 Å². The summed E-state index contributed by atoms with van der Waals surface area (Å²) in [6.07, 6.45) is 4.97. The molecular formula is C26H19BrClN5O2. The molecule has 0 atom stereocenters. The number of rotatable bonds is 6. The van der Waals surface area contributed by atoms with Gasteiger partial charge < -0.3 is 4.57 Å². The Morgan fingerprint density at radius 3 is 2.69 bits per heavy atom. The van der Waals surface area contributed by atoms with E-state index in [2.05, 4.69) is 36.0 Å². The summed E-state index contributed by atoms with van der Waals surface area (Å²) in [5, 5.41) is 6.28. The van der Waals surface area contributed by atoms with E-state index in [1.807, 2.05) is 60.8 Å². The van der Waals surface area contributed by atoms with Gasteiger partial charge in [-0.1, -0.05) is 57.9 Å². The molecule has 2 heterocycles. The molecule has 0 saturated carbocycles. The zero-order chi connectivity index (χ0) is 24.4. The highest BCUT2D eigenvalue weighted by Gasteiger charge is 2.10. The molecule has 0 saturated heterocycles. The Hall–Kier alpha value is -3.75. The fourth-order valence-corrected chi connectivity index (χ4v) is 4.39. The lowest BCUT2D eigenvalue weighted by molar-refractivity contribution is -0.121. The Balaban J connectivity index is 1.32. The molecule has 1 N–H and O–H groups in total. The van der Waals surface area contributed by atoms with E-state index in [0.29, 0.717) is 22.5 Å². The molecule has 35 heavy (non-hydrogen) atoms. The van der Waals surface area contributed by atoms with E-state index in [-0.39, 0.29) is 12.1 Å². The van der Waals surface area contributed by atoms with Crippen LogP contribution in [0.15, 0.2) is 93.6 Å². The summed E-state index contributed by atoms with van der Waals surface area (Å²) >= 11 is 9.36. The van der Waals surface area contributed by atoms with Crippen molar-refractivity contribution in [3.63, 3.8) is 0 Å². The molecule has 5 aromatic rings. The van der Waals surface area contributed by atoms with Gasteiger partial charge in [-0.25, -0.2) is 10.4 Å². The van der Waals surface area contributed by atoms with E-state index in [1.54, 1.807) is 18.3 Å². The number of fused-ring (bicyclic) bond motifs is 2. The van der Waals surface area contributed by atoms with Crippen LogP contribution in [0.5, 0.6) is 0 Å². The molecule has 0 spiro atoms. The van der Waals surface area contributed by atoms with Crippen LogP contribution in [0.2, 0.25) is 5.02 Å². The maximum Gasteiger partial charge on any atom is 0.261 e. The second-order valence-corrected chi connectivity index (χ2v) is 9.34. The lowest BCUT2D eigenvalue weighted by Crippen LogP contribution is -2.30. The molecule has 0 fully saturated rings. The number of aromatic nitrogens is 3. The van der Waals surface area contributed by atoms with Crippen molar-refractivity contribution >= 4 is 61.5 Å². The average Bonchev–Trinajstić information content (AvgIpc) is 3.20. The van der Waals surface area contributed by atoms with Gasteiger partial charge in [-0.3, -0.25) is 14.2 Å². The van der Waals surface area contributed by atoms with Crippen LogP contribution in [0, 0.1) is 0 Å². The predicted octanol–water partition coefficient (Wildman–Crippen LogP) is 4.97. The number of hydrogen-bond acceptors (Lipinski definition) is 4. The standard InChI is InChI=1S/C26H19BrClN5O2/c27-19-7-10-23-22(11-19)26(35)33(16-29-23)15-25(34)31-30-12-18-14-32(24-4-2-1-3-21(18)24)13-17-5-8-20(28)9-6-17/h1-12,14,16H,13,15H2,(H,31,34)/b30-12+. The minimum absolute atomic E-state index is 0.191. The van der Waals surface area contributed by atoms with Crippen LogP contribution in [0.4, 0.5) is 0 Å². The summed E-state index contributed by atoms with van der Waals surface area (Å²) in [5.41, 5.74) is 5.82. The van der Waals surface area contributed by atoms with Gasteiger partial charge in [0, 0.05) is 38.7 Å². The van der Waals surface area contributed by atoms with E-state index in [1.165, 1.54) is 10.9 Å². The maximum atomic E-state index is 12.7. The van der Waals surface area contributed by atoms with Crippen LogP contribution in [0.1, 0.15) is 11.1 Å². The molecule has 174 valence electrons. The van der Waals surface area contributed by atoms with Gasteiger partial charge in [-0.15, -0.1) is 0 Å². The molecule has 2 aromatic heterocycles. The van der Waals surface area contributed by atoms with Crippen LogP contribution >= 0.6 is 27.5 Å². The fraction of sp³-hybridized carbons (Fsp3) is 0.0769. The minimum Gasteiger partial charge on any atom is -0.342 e. The molecule has 5 rings (SSSR count). The number of halogens is 2. The maximum absolute atomic E-state index is 12.7. The van der Waals surface area contributed by atoms with Crippen LogP contribution in [-0.2, 0) is 17.9 Å². The lowest BCUT2D eigenvalue weighted by Gasteiger charge is -2.05. The highest BCUT2D eigenvalue weighted by molar-refractivity contribution is 9.10. The molecule has 7 nitrogen and oxygen atoms in total. The first-order valence-electron chi connectivity index (χ1n) is 10.8. The molecule has 0 aliphatic rings. The third-order valence-corrected chi connectivity index (χ3v) is 6.32. The zero-order valence-corrected chi connectivity index (χ0v) is 20.7. The summed E-state index contributed by atoms with van der Waals surface area (Å²) in [7, 11) is 0. The van der Waals surface area contributed by atoms with Crippen molar-refractivity contribution in [2.45, 2.75) is 13.1 Å². The second kappa shape index (κ2) is 9.85. The smallest absolute Gasteiger partial charge is 0.261 e.